The smallest absolute Gasteiger partial charge is 0.233 e. The summed E-state index contributed by atoms with van der Waals surface area (Å²) in [6.45, 7) is 5.72. The fraction of sp³-hybridized carbons (Fsp3) is 0.846. The second kappa shape index (κ2) is 7.03. The Labute approximate surface area is 119 Å². The van der Waals surface area contributed by atoms with Crippen molar-refractivity contribution in [1.29, 1.82) is 0 Å². The summed E-state index contributed by atoms with van der Waals surface area (Å²) in [4.78, 5) is 12.4. The lowest BCUT2D eigenvalue weighted by Gasteiger charge is -2.29. The molecule has 19 heavy (non-hydrogen) atoms. The van der Waals surface area contributed by atoms with Crippen LogP contribution < -0.4 is 11.1 Å². The summed E-state index contributed by atoms with van der Waals surface area (Å²) in [6, 6.07) is 0.204. The third-order valence-corrected chi connectivity index (χ3v) is 5.36. The molecule has 1 aliphatic carbocycles. The SMILES string of the molecule is CCSC1CCCC1NC(=O)C(C)(CC)C(N)=NO. The van der Waals surface area contributed by atoms with Gasteiger partial charge in [-0.15, -0.1) is 0 Å². The highest BCUT2D eigenvalue weighted by atomic mass is 32.2. The van der Waals surface area contributed by atoms with Crippen LogP contribution in [0.4, 0.5) is 0 Å². The van der Waals surface area contributed by atoms with Crippen LogP contribution in [-0.2, 0) is 4.79 Å². The first-order chi connectivity index (χ1) is 8.99. The van der Waals surface area contributed by atoms with Crippen molar-refractivity contribution in [2.45, 2.75) is 57.7 Å². The van der Waals surface area contributed by atoms with Crippen LogP contribution in [0.2, 0.25) is 0 Å². The van der Waals surface area contributed by atoms with Gasteiger partial charge in [-0.1, -0.05) is 25.4 Å². The quantitative estimate of drug-likeness (QED) is 0.301. The first-order valence-electron chi connectivity index (χ1n) is 6.90. The lowest BCUT2D eigenvalue weighted by molar-refractivity contribution is -0.127. The fourth-order valence-corrected chi connectivity index (χ4v) is 3.60. The number of hydrogen-bond acceptors (Lipinski definition) is 4. The molecule has 0 bridgehead atoms. The van der Waals surface area contributed by atoms with E-state index in [1.807, 2.05) is 18.7 Å². The summed E-state index contributed by atoms with van der Waals surface area (Å²) in [5.74, 6) is 0.895. The number of rotatable bonds is 6. The first-order valence-corrected chi connectivity index (χ1v) is 7.95. The van der Waals surface area contributed by atoms with Crippen LogP contribution >= 0.6 is 11.8 Å². The van der Waals surface area contributed by atoms with Gasteiger partial charge in [-0.3, -0.25) is 4.79 Å². The number of carbonyl (C=O) groups excluding carboxylic acids is 1. The summed E-state index contributed by atoms with van der Waals surface area (Å²) in [5.41, 5.74) is 4.73. The van der Waals surface area contributed by atoms with Crippen molar-refractivity contribution >= 4 is 23.5 Å². The number of carbonyl (C=O) groups is 1. The molecular formula is C13H25N3O2S. The van der Waals surface area contributed by atoms with Crippen molar-refractivity contribution in [3.8, 4) is 0 Å². The van der Waals surface area contributed by atoms with Gasteiger partial charge in [-0.05, 0) is 31.9 Å². The van der Waals surface area contributed by atoms with Crippen LogP contribution in [0.5, 0.6) is 0 Å². The largest absolute Gasteiger partial charge is 0.409 e. The standard InChI is InChI=1S/C13H25N3O2S/c1-4-13(3,11(14)16-18)12(17)15-9-7-6-8-10(9)19-5-2/h9-10,18H,4-8H2,1-3H3,(H2,14,16)(H,15,17). The molecule has 0 spiro atoms. The Hall–Kier alpha value is -0.910. The highest BCUT2D eigenvalue weighted by Crippen LogP contribution is 2.31. The van der Waals surface area contributed by atoms with Crippen molar-refractivity contribution in [3.63, 3.8) is 0 Å². The molecule has 0 aliphatic heterocycles. The summed E-state index contributed by atoms with van der Waals surface area (Å²) >= 11 is 1.90. The second-order valence-corrected chi connectivity index (χ2v) is 6.69. The molecule has 0 saturated heterocycles. The van der Waals surface area contributed by atoms with Gasteiger partial charge in [0, 0.05) is 11.3 Å². The van der Waals surface area contributed by atoms with Gasteiger partial charge in [0.2, 0.25) is 5.91 Å². The van der Waals surface area contributed by atoms with Crippen molar-refractivity contribution in [3.05, 3.63) is 0 Å². The van der Waals surface area contributed by atoms with Crippen LogP contribution in [-0.4, -0.2) is 34.0 Å². The lowest BCUT2D eigenvalue weighted by Crippen LogP contribution is -2.51. The van der Waals surface area contributed by atoms with Gasteiger partial charge in [0.05, 0.1) is 0 Å². The third kappa shape index (κ3) is 3.55. The molecule has 1 fully saturated rings. The normalized spacial score (nSPS) is 27.0. The third-order valence-electron chi connectivity index (χ3n) is 4.03. The molecule has 3 atom stereocenters. The Kier molecular flexibility index (Phi) is 5.97. The molecule has 0 aromatic rings. The van der Waals surface area contributed by atoms with E-state index in [-0.39, 0.29) is 17.8 Å². The molecule has 1 saturated carbocycles. The Balaban J connectivity index is 2.72. The minimum absolute atomic E-state index is 0.0230. The molecule has 0 aromatic heterocycles. The zero-order valence-electron chi connectivity index (χ0n) is 12.0. The average Bonchev–Trinajstić information content (AvgIpc) is 2.84. The van der Waals surface area contributed by atoms with E-state index in [0.717, 1.165) is 25.0 Å². The number of amidine groups is 1. The van der Waals surface area contributed by atoms with E-state index in [0.29, 0.717) is 11.7 Å². The Morgan fingerprint density at radius 2 is 2.21 bits per heavy atom. The molecule has 3 unspecified atom stereocenters. The van der Waals surface area contributed by atoms with Gasteiger partial charge in [0.1, 0.15) is 5.41 Å². The minimum atomic E-state index is -0.932. The lowest BCUT2D eigenvalue weighted by atomic mass is 9.85. The van der Waals surface area contributed by atoms with E-state index >= 15 is 0 Å². The molecule has 5 nitrogen and oxygen atoms in total. The number of oxime groups is 1. The zero-order valence-corrected chi connectivity index (χ0v) is 12.8. The number of thioether (sulfide) groups is 1. The highest BCUT2D eigenvalue weighted by molar-refractivity contribution is 7.99. The van der Waals surface area contributed by atoms with Gasteiger partial charge in [0.15, 0.2) is 5.84 Å². The average molecular weight is 287 g/mol. The van der Waals surface area contributed by atoms with E-state index in [2.05, 4.69) is 17.4 Å². The van der Waals surface area contributed by atoms with E-state index in [1.165, 1.54) is 0 Å². The maximum Gasteiger partial charge on any atom is 0.233 e. The van der Waals surface area contributed by atoms with Gasteiger partial charge in [-0.2, -0.15) is 11.8 Å². The summed E-state index contributed by atoms with van der Waals surface area (Å²) in [6.07, 6.45) is 3.82. The number of nitrogens with two attached hydrogens (primary N) is 1. The highest BCUT2D eigenvalue weighted by Gasteiger charge is 2.39. The monoisotopic (exact) mass is 287 g/mol. The predicted molar refractivity (Wildman–Crippen MR) is 79.5 cm³/mol. The molecule has 0 radical (unpaired) electrons. The van der Waals surface area contributed by atoms with Gasteiger partial charge in [0.25, 0.3) is 0 Å². The van der Waals surface area contributed by atoms with E-state index in [9.17, 15) is 4.79 Å². The molecule has 4 N–H and O–H groups in total. The van der Waals surface area contributed by atoms with E-state index in [4.69, 9.17) is 10.9 Å². The first kappa shape index (κ1) is 16.1. The molecule has 1 amide bonds. The maximum absolute atomic E-state index is 12.4. The molecule has 110 valence electrons. The summed E-state index contributed by atoms with van der Waals surface area (Å²) in [7, 11) is 0. The molecule has 1 aliphatic rings. The molecule has 1 rings (SSSR count). The number of hydrogen-bond donors (Lipinski definition) is 3. The van der Waals surface area contributed by atoms with Crippen molar-refractivity contribution < 1.29 is 10.0 Å². The Morgan fingerprint density at radius 1 is 1.53 bits per heavy atom. The maximum atomic E-state index is 12.4. The zero-order chi connectivity index (χ0) is 14.5. The van der Waals surface area contributed by atoms with E-state index < -0.39 is 5.41 Å². The van der Waals surface area contributed by atoms with Crippen LogP contribution in [0.3, 0.4) is 0 Å². The summed E-state index contributed by atoms with van der Waals surface area (Å²) in [5, 5.41) is 15.4. The van der Waals surface area contributed by atoms with Crippen molar-refractivity contribution in [2.75, 3.05) is 5.75 Å². The van der Waals surface area contributed by atoms with Crippen LogP contribution in [0.1, 0.15) is 46.5 Å². The van der Waals surface area contributed by atoms with E-state index in [1.54, 1.807) is 6.92 Å². The van der Waals surface area contributed by atoms with Crippen molar-refractivity contribution in [2.24, 2.45) is 16.3 Å². The predicted octanol–water partition coefficient (Wildman–Crippen LogP) is 1.94. The molecule has 0 heterocycles. The molecule has 6 heteroatoms. The Bertz CT molecular complexity index is 349. The van der Waals surface area contributed by atoms with Crippen molar-refractivity contribution in [1.82, 2.24) is 5.32 Å². The number of amides is 1. The summed E-state index contributed by atoms with van der Waals surface area (Å²) < 4.78 is 0. The second-order valence-electron chi connectivity index (χ2n) is 5.18. The minimum Gasteiger partial charge on any atom is -0.409 e. The van der Waals surface area contributed by atoms with Crippen LogP contribution in [0, 0.1) is 5.41 Å². The number of nitrogens with zero attached hydrogens (tertiary/aromatic N) is 1. The van der Waals surface area contributed by atoms with Gasteiger partial charge in [-0.25, -0.2) is 0 Å². The van der Waals surface area contributed by atoms with Gasteiger partial charge >= 0.3 is 0 Å². The Morgan fingerprint density at radius 3 is 2.74 bits per heavy atom. The fourth-order valence-electron chi connectivity index (χ4n) is 2.40. The molecule has 0 aromatic carbocycles. The molecular weight excluding hydrogens is 262 g/mol. The van der Waals surface area contributed by atoms with Crippen LogP contribution in [0.25, 0.3) is 0 Å². The van der Waals surface area contributed by atoms with Crippen LogP contribution in [0.15, 0.2) is 5.16 Å². The van der Waals surface area contributed by atoms with Gasteiger partial charge < -0.3 is 16.3 Å². The topological polar surface area (TPSA) is 87.7 Å². The number of nitrogens with one attached hydrogen (secondary N) is 1.